The topological polar surface area (TPSA) is 121 Å². The van der Waals surface area contributed by atoms with Crippen molar-refractivity contribution in [1.82, 2.24) is 5.06 Å². The molecule has 0 saturated carbocycles. The minimum absolute atomic E-state index is 0.148. The van der Waals surface area contributed by atoms with E-state index in [1.807, 2.05) is 0 Å². The summed E-state index contributed by atoms with van der Waals surface area (Å²) in [5.41, 5.74) is 4.03. The van der Waals surface area contributed by atoms with Gasteiger partial charge in [0.05, 0.1) is 0 Å². The van der Waals surface area contributed by atoms with Crippen molar-refractivity contribution in [2.45, 2.75) is 12.8 Å². The summed E-state index contributed by atoms with van der Waals surface area (Å²) in [6, 6.07) is 0. The summed E-state index contributed by atoms with van der Waals surface area (Å²) in [7, 11) is 0. The molecule has 12 heavy (non-hydrogen) atoms. The Balaban J connectivity index is 0.000000261. The second-order valence-electron chi connectivity index (χ2n) is 1.94. The van der Waals surface area contributed by atoms with E-state index in [1.54, 1.807) is 0 Å². The summed E-state index contributed by atoms with van der Waals surface area (Å²) in [5.74, 6) is -1.01. The molecule has 7 heteroatoms. The van der Waals surface area contributed by atoms with Crippen LogP contribution in [0.15, 0.2) is 0 Å². The van der Waals surface area contributed by atoms with Crippen molar-refractivity contribution in [3.8, 4) is 0 Å². The minimum Gasteiger partial charge on any atom is -0.465 e. The maximum Gasteiger partial charge on any atom is 0.402 e. The summed E-state index contributed by atoms with van der Waals surface area (Å²) in [4.78, 5) is 29.3. The van der Waals surface area contributed by atoms with Gasteiger partial charge >= 0.3 is 6.09 Å². The number of nitrogens with zero attached hydrogens (tertiary/aromatic N) is 1. The Hall–Kier alpha value is -1.63. The van der Waals surface area contributed by atoms with Crippen LogP contribution in [0.3, 0.4) is 0 Å². The van der Waals surface area contributed by atoms with Gasteiger partial charge in [-0.15, -0.1) is 0 Å². The molecule has 3 amide bonds. The Morgan fingerprint density at radius 2 is 1.58 bits per heavy atom. The third-order valence-electron chi connectivity index (χ3n) is 1.03. The molecule has 1 fully saturated rings. The largest absolute Gasteiger partial charge is 0.465 e. The molecule has 0 unspecified atom stereocenters. The van der Waals surface area contributed by atoms with Crippen LogP contribution in [0.4, 0.5) is 4.79 Å². The lowest BCUT2D eigenvalue weighted by Gasteiger charge is -1.98. The summed E-state index contributed by atoms with van der Waals surface area (Å²) in [6.45, 7) is 0. The lowest BCUT2D eigenvalue weighted by Crippen LogP contribution is -2.24. The summed E-state index contributed by atoms with van der Waals surface area (Å²) >= 11 is 0. The third kappa shape index (κ3) is 3.52. The molecule has 4 N–H and O–H groups in total. The smallest absolute Gasteiger partial charge is 0.402 e. The first-order chi connectivity index (χ1) is 5.45. The number of nitrogens with two attached hydrogens (primary N) is 1. The highest BCUT2D eigenvalue weighted by Crippen LogP contribution is 2.06. The van der Waals surface area contributed by atoms with Crippen molar-refractivity contribution in [2.75, 3.05) is 0 Å². The molecule has 0 radical (unpaired) electrons. The van der Waals surface area contributed by atoms with Gasteiger partial charge in [-0.2, -0.15) is 5.06 Å². The van der Waals surface area contributed by atoms with E-state index in [0.717, 1.165) is 0 Å². The van der Waals surface area contributed by atoms with E-state index in [2.05, 4.69) is 5.73 Å². The number of hydrogen-bond acceptors (Lipinski definition) is 4. The lowest BCUT2D eigenvalue weighted by molar-refractivity contribution is -0.171. The van der Waals surface area contributed by atoms with Crippen LogP contribution in [-0.2, 0) is 9.59 Å². The van der Waals surface area contributed by atoms with E-state index in [4.69, 9.17) is 15.1 Å². The summed E-state index contributed by atoms with van der Waals surface area (Å²) < 4.78 is 0. The highest BCUT2D eigenvalue weighted by molar-refractivity contribution is 6.00. The zero-order valence-corrected chi connectivity index (χ0v) is 6.06. The van der Waals surface area contributed by atoms with Crippen LogP contribution >= 0.6 is 0 Å². The van der Waals surface area contributed by atoms with Crippen LogP contribution in [0, 0.1) is 0 Å². The predicted octanol–water partition coefficient (Wildman–Crippen LogP) is -0.852. The molecule has 0 spiro atoms. The van der Waals surface area contributed by atoms with Gasteiger partial charge in [0.1, 0.15) is 0 Å². The van der Waals surface area contributed by atoms with Crippen LogP contribution in [-0.4, -0.2) is 33.3 Å². The maximum atomic E-state index is 10.2. The molecule has 1 rings (SSSR count). The van der Waals surface area contributed by atoms with Gasteiger partial charge in [0.2, 0.25) is 0 Å². The van der Waals surface area contributed by atoms with E-state index >= 15 is 0 Å². The van der Waals surface area contributed by atoms with Crippen LogP contribution in [0.2, 0.25) is 0 Å². The van der Waals surface area contributed by atoms with E-state index < -0.39 is 17.9 Å². The Kier molecular flexibility index (Phi) is 3.71. The fourth-order valence-electron chi connectivity index (χ4n) is 0.565. The molecular formula is C5H8N2O5. The average Bonchev–Trinajstić information content (AvgIpc) is 2.19. The molecule has 0 atom stereocenters. The van der Waals surface area contributed by atoms with Crippen LogP contribution < -0.4 is 5.73 Å². The molecule has 0 aromatic heterocycles. The summed E-state index contributed by atoms with van der Waals surface area (Å²) in [6.07, 6.45) is -1.04. The lowest BCUT2D eigenvalue weighted by atomic mass is 10.4. The number of imide groups is 1. The van der Waals surface area contributed by atoms with Crippen molar-refractivity contribution in [3.05, 3.63) is 0 Å². The minimum atomic E-state index is -1.33. The number of carboxylic acid groups (broad SMARTS) is 1. The van der Waals surface area contributed by atoms with Gasteiger partial charge in [0.15, 0.2) is 0 Å². The Morgan fingerprint density at radius 1 is 1.33 bits per heavy atom. The molecule has 7 nitrogen and oxygen atoms in total. The quantitative estimate of drug-likeness (QED) is 0.327. The third-order valence-corrected chi connectivity index (χ3v) is 1.03. The van der Waals surface area contributed by atoms with E-state index in [0.29, 0.717) is 0 Å². The fourth-order valence-corrected chi connectivity index (χ4v) is 0.565. The number of hydroxylamine groups is 2. The number of primary amides is 1. The van der Waals surface area contributed by atoms with Gasteiger partial charge in [0.25, 0.3) is 11.8 Å². The molecule has 68 valence electrons. The second kappa shape index (κ2) is 4.29. The second-order valence-corrected chi connectivity index (χ2v) is 1.94. The van der Waals surface area contributed by atoms with Gasteiger partial charge in [-0.3, -0.25) is 14.8 Å². The SMILES string of the molecule is NC(=O)O.O=C1CCC(=O)N1O. The first kappa shape index (κ1) is 10.4. The molecule has 1 aliphatic rings. The van der Waals surface area contributed by atoms with Gasteiger partial charge in [-0.05, 0) is 0 Å². The average molecular weight is 176 g/mol. The maximum absolute atomic E-state index is 10.2. The van der Waals surface area contributed by atoms with E-state index in [9.17, 15) is 9.59 Å². The zero-order chi connectivity index (χ0) is 9.72. The Morgan fingerprint density at radius 3 is 1.67 bits per heavy atom. The molecule has 0 aromatic rings. The highest BCUT2D eigenvalue weighted by Gasteiger charge is 2.26. The Bertz CT molecular complexity index is 194. The standard InChI is InChI=1S/C4H5NO3.CH3NO2/c6-3-1-2-4(7)5(3)8;2-1(3)4/h8H,1-2H2;2H2,(H,3,4). The highest BCUT2D eigenvalue weighted by atomic mass is 16.5. The Labute approximate surface area is 67.3 Å². The molecule has 0 bridgehead atoms. The molecule has 0 aliphatic carbocycles. The normalized spacial score (nSPS) is 15.6. The zero-order valence-electron chi connectivity index (χ0n) is 6.06. The van der Waals surface area contributed by atoms with Gasteiger partial charge in [-0.1, -0.05) is 0 Å². The van der Waals surface area contributed by atoms with Gasteiger partial charge in [-0.25, -0.2) is 4.79 Å². The van der Waals surface area contributed by atoms with Gasteiger partial charge < -0.3 is 10.8 Å². The van der Waals surface area contributed by atoms with Crippen molar-refractivity contribution in [3.63, 3.8) is 0 Å². The van der Waals surface area contributed by atoms with Crippen molar-refractivity contribution in [2.24, 2.45) is 5.73 Å². The van der Waals surface area contributed by atoms with Crippen molar-refractivity contribution >= 4 is 17.9 Å². The monoisotopic (exact) mass is 176 g/mol. The number of amides is 3. The first-order valence-corrected chi connectivity index (χ1v) is 2.98. The fraction of sp³-hybridized carbons (Fsp3) is 0.400. The first-order valence-electron chi connectivity index (χ1n) is 2.98. The molecule has 1 heterocycles. The van der Waals surface area contributed by atoms with Gasteiger partial charge in [0, 0.05) is 12.8 Å². The molecule has 1 saturated heterocycles. The number of rotatable bonds is 0. The van der Waals surface area contributed by atoms with E-state index in [-0.39, 0.29) is 17.9 Å². The van der Waals surface area contributed by atoms with Crippen molar-refractivity contribution in [1.29, 1.82) is 0 Å². The van der Waals surface area contributed by atoms with E-state index in [1.165, 1.54) is 0 Å². The number of hydrogen-bond donors (Lipinski definition) is 3. The molecule has 1 aliphatic heterocycles. The van der Waals surface area contributed by atoms with Crippen molar-refractivity contribution < 1.29 is 24.7 Å². The van der Waals surface area contributed by atoms with Crippen LogP contribution in [0.5, 0.6) is 0 Å². The predicted molar refractivity (Wildman–Crippen MR) is 35.1 cm³/mol. The van der Waals surface area contributed by atoms with Crippen LogP contribution in [0.25, 0.3) is 0 Å². The molecular weight excluding hydrogens is 168 g/mol. The number of carbonyl (C=O) groups is 3. The van der Waals surface area contributed by atoms with Crippen LogP contribution in [0.1, 0.15) is 12.8 Å². The summed E-state index contributed by atoms with van der Waals surface area (Å²) in [5, 5.41) is 15.8. The molecule has 0 aromatic carbocycles. The number of carbonyl (C=O) groups excluding carboxylic acids is 2.